The smallest absolute Gasteiger partial charge is 0.230 e. The van der Waals surface area contributed by atoms with Crippen molar-refractivity contribution in [3.8, 4) is 0 Å². The highest BCUT2D eigenvalue weighted by Crippen LogP contribution is 2.01. The second-order valence-electron chi connectivity index (χ2n) is 19.0. The summed E-state index contributed by atoms with van der Waals surface area (Å²) in [4.78, 5) is 24.9. The zero-order chi connectivity index (χ0) is 63.3. The van der Waals surface area contributed by atoms with Gasteiger partial charge in [-0.05, 0) is 126 Å². The van der Waals surface area contributed by atoms with E-state index in [0.717, 1.165) is 174 Å². The van der Waals surface area contributed by atoms with E-state index in [9.17, 15) is 9.59 Å². The number of nitrogens with one attached hydrogen (secondary N) is 9. The van der Waals surface area contributed by atoms with Crippen LogP contribution in [0, 0.1) is 0 Å². The molecule has 0 heterocycles. The van der Waals surface area contributed by atoms with Crippen LogP contribution >= 0.6 is 35.3 Å². The normalized spacial score (nSPS) is 10.7. The van der Waals surface area contributed by atoms with Crippen LogP contribution in [0.2, 0.25) is 12.1 Å². The van der Waals surface area contributed by atoms with Crippen molar-refractivity contribution >= 4 is 66.6 Å². The fourth-order valence-corrected chi connectivity index (χ4v) is 9.79. The number of nitrogens with zero attached hydrogens (tertiary/aromatic N) is 1. The van der Waals surface area contributed by atoms with Gasteiger partial charge in [0.15, 0.2) is 19.5 Å². The molecule has 0 saturated carbocycles. The van der Waals surface area contributed by atoms with Gasteiger partial charge in [-0.1, -0.05) is 53.9 Å². The maximum atomic E-state index is 11.4. The quantitative estimate of drug-likeness (QED) is 0.0270. The average molecular weight is 1290 g/mol. The van der Waals surface area contributed by atoms with Crippen molar-refractivity contribution in [3.05, 3.63) is 0 Å². The minimum atomic E-state index is -0.184. The van der Waals surface area contributed by atoms with E-state index in [2.05, 4.69) is 87.4 Å². The molecule has 0 rings (SSSR count). The van der Waals surface area contributed by atoms with Gasteiger partial charge in [0.1, 0.15) is 0 Å². The number of nitrogens with two attached hydrogens (primary N) is 8. The topological polar surface area (TPSA) is 372 Å². The summed E-state index contributed by atoms with van der Waals surface area (Å²) in [6.07, 6.45) is 14.7. The number of carbonyl (C=O) groups is 2. The number of unbranched alkanes of at least 4 members (excludes halogenated alkanes) is 4. The molecule has 2 amide bonds. The van der Waals surface area contributed by atoms with Crippen LogP contribution in [0.3, 0.4) is 0 Å². The third-order valence-corrected chi connectivity index (χ3v) is 16.6. The Labute approximate surface area is 530 Å². The first kappa shape index (κ1) is 96.3. The van der Waals surface area contributed by atoms with Crippen LogP contribution in [0.25, 0.3) is 0 Å². The van der Waals surface area contributed by atoms with Crippen molar-refractivity contribution in [2.24, 2.45) is 45.9 Å². The molecule has 0 fully saturated rings. The van der Waals surface area contributed by atoms with Gasteiger partial charge in [0.05, 0.1) is 11.5 Å². The molecule has 0 spiro atoms. The van der Waals surface area contributed by atoms with Crippen molar-refractivity contribution < 1.29 is 18.4 Å². The Morgan fingerprint density at radius 2 is 0.723 bits per heavy atom. The summed E-state index contributed by atoms with van der Waals surface area (Å²) in [5, 5.41) is 28.7. The summed E-state index contributed by atoms with van der Waals surface area (Å²) in [5.41, 5.74) is 42.8. The van der Waals surface area contributed by atoms with E-state index >= 15 is 0 Å². The lowest BCUT2D eigenvalue weighted by molar-refractivity contribution is -0.119. The Kier molecular flexibility index (Phi) is 120. The van der Waals surface area contributed by atoms with Crippen LogP contribution in [0.4, 0.5) is 0 Å². The summed E-state index contributed by atoms with van der Waals surface area (Å²) < 4.78 is 9.96. The lowest BCUT2D eigenvalue weighted by atomic mass is 10.2. The molecule has 0 bridgehead atoms. The van der Waals surface area contributed by atoms with E-state index < -0.39 is 0 Å². The fourth-order valence-electron chi connectivity index (χ4n) is 6.17. The van der Waals surface area contributed by atoms with Gasteiger partial charge in [-0.3, -0.25) is 14.5 Å². The Bertz CT molecular complexity index is 1050. The molecule has 83 heavy (non-hydrogen) atoms. The third-order valence-electron chi connectivity index (χ3n) is 10.7. The van der Waals surface area contributed by atoms with Gasteiger partial charge in [-0.15, -0.1) is 0 Å². The highest BCUT2D eigenvalue weighted by atomic mass is 32.2. The predicted molar refractivity (Wildman–Crippen MR) is 381 cm³/mol. The standard InChI is InChI=1S/C13H31N5OS.C10H26N4.C9H21N3OS.C9H22N2.C6H18N2OSi.C5H13NS.C4H13NOSi/c1-2-11-20-12-13(19)18-10-9-17-8-7-16-6-5-15-4-3-14;1-2-3-6-13-7-10-14(8-4-11)9-5-12;1-2-7-14-8-9(13)12-6-5-11-4-3-10;1-2-3-8-11-9-6-4-5-7-10;1-9-10-6-2-4-8-5-3-7;1-2-4-7-5-3-6;1-6-7-4-2-3-5/h15-17H,2-12,14H2,1H3,(H,18,19);13H,2-12H2,1H3;11H,2-8,10H2,1H3,(H,12,13);11H,2-10H2,1H3;8H,2-7,10H2,1H3;2-6H2,1H3;2-5,7H2,1H3. The van der Waals surface area contributed by atoms with E-state index in [0.29, 0.717) is 37.7 Å². The molecule has 0 aromatic rings. The van der Waals surface area contributed by atoms with E-state index in [-0.39, 0.29) is 31.3 Å². The number of carbonyl (C=O) groups excluding carboxylic acids is 2. The largest absolute Gasteiger partial charge is 0.427 e. The molecule has 0 aliphatic heterocycles. The van der Waals surface area contributed by atoms with Gasteiger partial charge >= 0.3 is 0 Å². The summed E-state index contributed by atoms with van der Waals surface area (Å²) in [6, 6.07) is 2.50. The minimum Gasteiger partial charge on any atom is -0.427 e. The molecule has 0 atom stereocenters. The second kappa shape index (κ2) is 104. The molecular formula is C56H144N18O4S3Si2. The number of hydrogen-bond donors (Lipinski definition) is 17. The summed E-state index contributed by atoms with van der Waals surface area (Å²) in [6.45, 7) is 34.7. The van der Waals surface area contributed by atoms with Gasteiger partial charge in [0.25, 0.3) is 0 Å². The SMILES string of the molecule is CCCCNCCCCCN.CCCCNCCN(CCN)CCN.CCCSCC(=O)NCCNCCN.CCCSCC(=O)NCCNCCNCCNCCN.CCCSCCN.CO[SiH2]CCCN.CO[SiH2]CCCNCCN. The van der Waals surface area contributed by atoms with Crippen molar-refractivity contribution in [1.82, 2.24) is 52.8 Å². The first-order valence-corrected chi connectivity index (χ1v) is 38.8. The Morgan fingerprint density at radius 1 is 0.349 bits per heavy atom. The number of rotatable bonds is 57. The van der Waals surface area contributed by atoms with Gasteiger partial charge in [-0.2, -0.15) is 35.3 Å². The van der Waals surface area contributed by atoms with E-state index in [4.69, 9.17) is 54.7 Å². The van der Waals surface area contributed by atoms with Crippen LogP contribution in [0.1, 0.15) is 112 Å². The molecule has 0 saturated heterocycles. The third kappa shape index (κ3) is 120. The Morgan fingerprint density at radius 3 is 1.12 bits per heavy atom. The lowest BCUT2D eigenvalue weighted by Gasteiger charge is -2.20. The van der Waals surface area contributed by atoms with Gasteiger partial charge in [0.2, 0.25) is 11.8 Å². The van der Waals surface area contributed by atoms with E-state index in [1.807, 2.05) is 11.8 Å². The molecular weight excluding hydrogens is 1140 g/mol. The monoisotopic (exact) mass is 1290 g/mol. The molecule has 22 nitrogen and oxygen atoms in total. The maximum absolute atomic E-state index is 11.4. The summed E-state index contributed by atoms with van der Waals surface area (Å²) in [7, 11) is 3.20. The molecule has 0 aromatic heterocycles. The number of amides is 2. The zero-order valence-electron chi connectivity index (χ0n) is 55.1. The van der Waals surface area contributed by atoms with Gasteiger partial charge in [-0.25, -0.2) is 0 Å². The van der Waals surface area contributed by atoms with Crippen LogP contribution in [-0.4, -0.2) is 262 Å². The van der Waals surface area contributed by atoms with Gasteiger partial charge < -0.3 is 103 Å². The van der Waals surface area contributed by atoms with Gasteiger partial charge in [0, 0.05) is 157 Å². The van der Waals surface area contributed by atoms with Crippen molar-refractivity contribution in [1.29, 1.82) is 0 Å². The van der Waals surface area contributed by atoms with E-state index in [1.165, 1.54) is 88.7 Å². The molecule has 0 unspecified atom stereocenters. The van der Waals surface area contributed by atoms with Crippen molar-refractivity contribution in [2.45, 2.75) is 124 Å². The maximum Gasteiger partial charge on any atom is 0.230 e. The molecule has 25 N–H and O–H groups in total. The average Bonchev–Trinajstić information content (AvgIpc) is 3.49. The highest BCUT2D eigenvalue weighted by molar-refractivity contribution is 8.00. The fraction of sp³-hybridized carbons (Fsp3) is 0.964. The summed E-state index contributed by atoms with van der Waals surface area (Å²) >= 11 is 5.29. The molecule has 0 radical (unpaired) electrons. The zero-order valence-corrected chi connectivity index (χ0v) is 60.3. The van der Waals surface area contributed by atoms with Crippen LogP contribution in [0.15, 0.2) is 0 Å². The molecule has 0 aliphatic carbocycles. The van der Waals surface area contributed by atoms with Crippen LogP contribution in [-0.2, 0) is 18.4 Å². The highest BCUT2D eigenvalue weighted by Gasteiger charge is 2.02. The summed E-state index contributed by atoms with van der Waals surface area (Å²) in [5.74, 6) is 5.89. The second-order valence-corrected chi connectivity index (χ2v) is 25.8. The first-order valence-electron chi connectivity index (χ1n) is 32.1. The number of thioether (sulfide) groups is 3. The van der Waals surface area contributed by atoms with Crippen molar-refractivity contribution in [2.75, 3.05) is 225 Å². The number of hydrogen-bond acceptors (Lipinski definition) is 23. The van der Waals surface area contributed by atoms with E-state index in [1.54, 1.807) is 37.7 Å². The Hall–Kier alpha value is -0.296. The molecule has 0 aromatic carbocycles. The molecule has 508 valence electrons. The first-order chi connectivity index (χ1) is 40.6. The lowest BCUT2D eigenvalue weighted by Crippen LogP contribution is -2.38. The Balaban J connectivity index is -0.000000167. The van der Waals surface area contributed by atoms with Crippen LogP contribution in [0.5, 0.6) is 0 Å². The minimum absolute atomic E-state index is 0.123. The predicted octanol–water partition coefficient (Wildman–Crippen LogP) is -0.487. The molecule has 27 heteroatoms. The molecule has 0 aliphatic rings. The van der Waals surface area contributed by atoms with Crippen LogP contribution < -0.4 is 93.7 Å². The van der Waals surface area contributed by atoms with Crippen molar-refractivity contribution in [3.63, 3.8) is 0 Å².